The van der Waals surface area contributed by atoms with Crippen molar-refractivity contribution in [2.24, 2.45) is 5.92 Å². The molecule has 1 unspecified atom stereocenters. The molecule has 1 fully saturated rings. The molecule has 1 amide bonds. The molecule has 156 valence electrons. The van der Waals surface area contributed by atoms with E-state index < -0.39 is 0 Å². The predicted octanol–water partition coefficient (Wildman–Crippen LogP) is 0.560. The SMILES string of the molecule is Cc1cncn(CCNC(=O)C2CCCN(c3cc(-n4ccnc4)ncn3)C2)c1=O. The summed E-state index contributed by atoms with van der Waals surface area (Å²) in [6.45, 7) is 3.95. The maximum Gasteiger partial charge on any atom is 0.256 e. The number of piperidine rings is 1. The lowest BCUT2D eigenvalue weighted by Gasteiger charge is -2.33. The molecule has 1 saturated heterocycles. The number of anilines is 1. The van der Waals surface area contributed by atoms with Gasteiger partial charge in [0.25, 0.3) is 5.56 Å². The van der Waals surface area contributed by atoms with Gasteiger partial charge in [0, 0.05) is 56.4 Å². The van der Waals surface area contributed by atoms with Crippen LogP contribution in [0.15, 0.2) is 48.4 Å². The summed E-state index contributed by atoms with van der Waals surface area (Å²) >= 11 is 0. The molecule has 4 heterocycles. The summed E-state index contributed by atoms with van der Waals surface area (Å²) in [6, 6.07) is 1.90. The van der Waals surface area contributed by atoms with E-state index in [1.54, 1.807) is 25.6 Å². The highest BCUT2D eigenvalue weighted by molar-refractivity contribution is 5.79. The van der Waals surface area contributed by atoms with Crippen LogP contribution >= 0.6 is 0 Å². The molecule has 3 aromatic heterocycles. The zero-order chi connectivity index (χ0) is 20.9. The number of carbonyl (C=O) groups excluding carboxylic acids is 1. The second kappa shape index (κ2) is 8.85. The fraction of sp³-hybridized carbons (Fsp3) is 0.400. The van der Waals surface area contributed by atoms with Crippen molar-refractivity contribution < 1.29 is 4.79 Å². The van der Waals surface area contributed by atoms with Crippen molar-refractivity contribution in [2.45, 2.75) is 26.3 Å². The van der Waals surface area contributed by atoms with Gasteiger partial charge in [-0.3, -0.25) is 18.7 Å². The van der Waals surface area contributed by atoms with Gasteiger partial charge in [0.15, 0.2) is 0 Å². The van der Waals surface area contributed by atoms with Crippen molar-refractivity contribution in [1.82, 2.24) is 34.4 Å². The first-order valence-corrected chi connectivity index (χ1v) is 9.96. The summed E-state index contributed by atoms with van der Waals surface area (Å²) in [5, 5.41) is 2.96. The third kappa shape index (κ3) is 4.37. The molecule has 4 rings (SSSR count). The topological polar surface area (TPSA) is 111 Å². The number of aromatic nitrogens is 6. The van der Waals surface area contributed by atoms with Gasteiger partial charge < -0.3 is 10.2 Å². The molecule has 10 nitrogen and oxygen atoms in total. The van der Waals surface area contributed by atoms with Crippen LogP contribution < -0.4 is 15.8 Å². The Morgan fingerprint density at radius 3 is 2.93 bits per heavy atom. The molecule has 0 spiro atoms. The van der Waals surface area contributed by atoms with Gasteiger partial charge in [-0.1, -0.05) is 0 Å². The van der Waals surface area contributed by atoms with Crippen molar-refractivity contribution in [3.63, 3.8) is 0 Å². The van der Waals surface area contributed by atoms with Gasteiger partial charge in [-0.25, -0.2) is 19.9 Å². The normalized spacial score (nSPS) is 16.4. The second-order valence-corrected chi connectivity index (χ2v) is 7.36. The van der Waals surface area contributed by atoms with Crippen LogP contribution in [0.4, 0.5) is 5.82 Å². The smallest absolute Gasteiger partial charge is 0.256 e. The van der Waals surface area contributed by atoms with Crippen molar-refractivity contribution in [1.29, 1.82) is 0 Å². The average molecular weight is 408 g/mol. The Kier molecular flexibility index (Phi) is 5.82. The molecule has 30 heavy (non-hydrogen) atoms. The summed E-state index contributed by atoms with van der Waals surface area (Å²) in [5.74, 6) is 1.40. The first-order chi connectivity index (χ1) is 14.6. The third-order valence-corrected chi connectivity index (χ3v) is 5.25. The molecule has 3 aromatic rings. The van der Waals surface area contributed by atoms with E-state index in [-0.39, 0.29) is 17.4 Å². The first kappa shape index (κ1) is 19.7. The van der Waals surface area contributed by atoms with Crippen LogP contribution in [0.25, 0.3) is 5.82 Å². The molecule has 1 aliphatic heterocycles. The number of amides is 1. The van der Waals surface area contributed by atoms with Crippen LogP contribution in [0, 0.1) is 12.8 Å². The minimum Gasteiger partial charge on any atom is -0.356 e. The molecule has 0 radical (unpaired) electrons. The van der Waals surface area contributed by atoms with Crippen LogP contribution in [-0.4, -0.2) is 54.6 Å². The van der Waals surface area contributed by atoms with Crippen LogP contribution in [0.1, 0.15) is 18.4 Å². The van der Waals surface area contributed by atoms with E-state index in [0.29, 0.717) is 25.2 Å². The number of carbonyl (C=O) groups is 1. The van der Waals surface area contributed by atoms with E-state index >= 15 is 0 Å². The van der Waals surface area contributed by atoms with Crippen LogP contribution in [0.3, 0.4) is 0 Å². The molecular formula is C20H24N8O2. The fourth-order valence-corrected chi connectivity index (χ4v) is 3.61. The van der Waals surface area contributed by atoms with E-state index in [0.717, 1.165) is 31.0 Å². The second-order valence-electron chi connectivity index (χ2n) is 7.36. The zero-order valence-electron chi connectivity index (χ0n) is 16.8. The first-order valence-electron chi connectivity index (χ1n) is 9.96. The van der Waals surface area contributed by atoms with E-state index in [2.05, 4.69) is 30.2 Å². The van der Waals surface area contributed by atoms with E-state index in [9.17, 15) is 9.59 Å². The maximum absolute atomic E-state index is 12.7. The van der Waals surface area contributed by atoms with Gasteiger partial charge in [-0.15, -0.1) is 0 Å². The van der Waals surface area contributed by atoms with Gasteiger partial charge in [-0.05, 0) is 19.8 Å². The lowest BCUT2D eigenvalue weighted by atomic mass is 9.97. The quantitative estimate of drug-likeness (QED) is 0.634. The lowest BCUT2D eigenvalue weighted by Crippen LogP contribution is -2.44. The van der Waals surface area contributed by atoms with Crippen LogP contribution in [0.2, 0.25) is 0 Å². The van der Waals surface area contributed by atoms with Gasteiger partial charge in [0.05, 0.1) is 12.2 Å². The Hall–Kier alpha value is -3.56. The Bertz CT molecular complexity index is 1060. The zero-order valence-corrected chi connectivity index (χ0v) is 16.8. The van der Waals surface area contributed by atoms with Gasteiger partial charge in [0.1, 0.15) is 24.3 Å². The fourth-order valence-electron chi connectivity index (χ4n) is 3.61. The number of nitrogens with zero attached hydrogens (tertiary/aromatic N) is 7. The van der Waals surface area contributed by atoms with E-state index in [1.165, 1.54) is 17.2 Å². The molecule has 0 aliphatic carbocycles. The number of hydrogen-bond acceptors (Lipinski definition) is 7. The maximum atomic E-state index is 12.7. The Labute approximate surface area is 173 Å². The Morgan fingerprint density at radius 1 is 1.23 bits per heavy atom. The number of hydrogen-bond donors (Lipinski definition) is 1. The number of aryl methyl sites for hydroxylation is 1. The van der Waals surface area contributed by atoms with Crippen LogP contribution in [-0.2, 0) is 11.3 Å². The molecule has 10 heteroatoms. The molecule has 1 aliphatic rings. The minimum atomic E-state index is -0.127. The lowest BCUT2D eigenvalue weighted by molar-refractivity contribution is -0.125. The highest BCUT2D eigenvalue weighted by atomic mass is 16.2. The summed E-state index contributed by atoms with van der Waals surface area (Å²) < 4.78 is 3.34. The molecule has 0 saturated carbocycles. The highest BCUT2D eigenvalue weighted by Gasteiger charge is 2.26. The van der Waals surface area contributed by atoms with Gasteiger partial charge >= 0.3 is 0 Å². The standard InChI is InChI=1S/C20H24N8O2/c1-15-10-22-14-28(20(15)30)8-5-23-19(29)16-3-2-6-26(11-16)17-9-18(25-12-24-17)27-7-4-21-13-27/h4,7,9-10,12-14,16H,2-3,5-6,8,11H2,1H3,(H,23,29). The largest absolute Gasteiger partial charge is 0.356 e. The van der Waals surface area contributed by atoms with Crippen molar-refractivity contribution in [3.8, 4) is 5.82 Å². The number of rotatable bonds is 6. The van der Waals surface area contributed by atoms with Crippen molar-refractivity contribution in [2.75, 3.05) is 24.5 Å². The summed E-state index contributed by atoms with van der Waals surface area (Å²) in [6.07, 6.45) is 11.5. The summed E-state index contributed by atoms with van der Waals surface area (Å²) in [4.78, 5) is 43.6. The molecular weight excluding hydrogens is 384 g/mol. The highest BCUT2D eigenvalue weighted by Crippen LogP contribution is 2.22. The van der Waals surface area contributed by atoms with E-state index in [1.807, 2.05) is 16.8 Å². The molecule has 0 bridgehead atoms. The Morgan fingerprint density at radius 2 is 2.10 bits per heavy atom. The van der Waals surface area contributed by atoms with Crippen LogP contribution in [0.5, 0.6) is 0 Å². The minimum absolute atomic E-state index is 0.00255. The summed E-state index contributed by atoms with van der Waals surface area (Å²) in [7, 11) is 0. The monoisotopic (exact) mass is 408 g/mol. The van der Waals surface area contributed by atoms with E-state index in [4.69, 9.17) is 0 Å². The summed E-state index contributed by atoms with van der Waals surface area (Å²) in [5.41, 5.74) is 0.507. The molecule has 1 atom stereocenters. The average Bonchev–Trinajstić information content (AvgIpc) is 3.32. The third-order valence-electron chi connectivity index (χ3n) is 5.25. The molecule has 0 aromatic carbocycles. The van der Waals surface area contributed by atoms with Gasteiger partial charge in [0.2, 0.25) is 5.91 Å². The number of nitrogens with one attached hydrogen (secondary N) is 1. The number of imidazole rings is 1. The van der Waals surface area contributed by atoms with Gasteiger partial charge in [-0.2, -0.15) is 0 Å². The Balaban J connectivity index is 1.35. The molecule has 1 N–H and O–H groups in total. The predicted molar refractivity (Wildman–Crippen MR) is 110 cm³/mol. The van der Waals surface area contributed by atoms with Crippen molar-refractivity contribution >= 4 is 11.7 Å². The van der Waals surface area contributed by atoms with Crippen molar-refractivity contribution in [3.05, 3.63) is 59.6 Å².